The van der Waals surface area contributed by atoms with Crippen LogP contribution in [0.2, 0.25) is 10.6 Å². The van der Waals surface area contributed by atoms with Crippen LogP contribution in [-0.4, -0.2) is 37.6 Å². The van der Waals surface area contributed by atoms with Gasteiger partial charge < -0.3 is 10.4 Å². The summed E-state index contributed by atoms with van der Waals surface area (Å²) in [6.45, 7) is 0. The highest BCUT2D eigenvalue weighted by Crippen LogP contribution is 2.29. The summed E-state index contributed by atoms with van der Waals surface area (Å²) in [5, 5.41) is 12.5. The van der Waals surface area contributed by atoms with Crippen LogP contribution in [0.1, 0.15) is 0 Å². The highest BCUT2D eigenvalue weighted by Gasteiger charge is 2.24. The van der Waals surface area contributed by atoms with Crippen molar-refractivity contribution in [2.45, 2.75) is 4.90 Å². The molecule has 28 heavy (non-hydrogen) atoms. The summed E-state index contributed by atoms with van der Waals surface area (Å²) in [6, 6.07) is 7.07. The molecule has 0 saturated heterocycles. The Hall–Kier alpha value is -2.73. The predicted octanol–water partition coefficient (Wildman–Crippen LogP) is 2.24. The Bertz CT molecular complexity index is 1210. The average molecular weight is 444 g/mol. The smallest absolute Gasteiger partial charge is 0.300 e. The Balaban J connectivity index is 2.04. The predicted molar refractivity (Wildman–Crippen MR) is 102 cm³/mol. The fourth-order valence-corrected chi connectivity index (χ4v) is 3.55. The van der Waals surface area contributed by atoms with Gasteiger partial charge in [0.05, 0.1) is 0 Å². The molecule has 3 N–H and O–H groups in total. The van der Waals surface area contributed by atoms with Gasteiger partial charge in [-0.25, -0.2) is 0 Å². The van der Waals surface area contributed by atoms with E-state index in [-0.39, 0.29) is 27.6 Å². The lowest BCUT2D eigenvalue weighted by atomic mass is 10.1. The highest BCUT2D eigenvalue weighted by atomic mass is 35.5. The second-order valence-corrected chi connectivity index (χ2v) is 7.52. The number of hydrogen-bond acceptors (Lipinski definition) is 8. The number of nitrogens with zero attached hydrogens (tertiary/aromatic N) is 4. The third kappa shape index (κ3) is 4.07. The fraction of sp³-hybridized carbons (Fsp3) is 0.0667. The molecule has 0 unspecified atom stereocenters. The molecule has 0 aliphatic carbocycles. The maximum atomic E-state index is 12.2. The van der Waals surface area contributed by atoms with Crippen molar-refractivity contribution in [3.8, 4) is 17.0 Å². The molecule has 3 aromatic rings. The summed E-state index contributed by atoms with van der Waals surface area (Å²) in [4.78, 5) is 22.7. The molecule has 0 radical (unpaired) electrons. The first-order chi connectivity index (χ1) is 13.1. The van der Waals surface area contributed by atoms with Crippen LogP contribution in [0, 0.1) is 0 Å². The van der Waals surface area contributed by atoms with Gasteiger partial charge in [-0.15, -0.1) is 0 Å². The van der Waals surface area contributed by atoms with Crippen molar-refractivity contribution in [3.63, 3.8) is 0 Å². The molecule has 0 amide bonds. The van der Waals surface area contributed by atoms with Crippen LogP contribution in [-0.2, 0) is 17.2 Å². The van der Waals surface area contributed by atoms with E-state index in [1.807, 2.05) is 0 Å². The van der Waals surface area contributed by atoms with Gasteiger partial charge in [0.2, 0.25) is 16.5 Å². The molecule has 0 aliphatic heterocycles. The summed E-state index contributed by atoms with van der Waals surface area (Å²) < 4.78 is 33.5. The van der Waals surface area contributed by atoms with E-state index in [0.29, 0.717) is 10.3 Å². The van der Waals surface area contributed by atoms with E-state index in [9.17, 15) is 22.9 Å². The van der Waals surface area contributed by atoms with E-state index in [2.05, 4.69) is 20.3 Å². The van der Waals surface area contributed by atoms with E-state index in [4.69, 9.17) is 23.2 Å². The van der Waals surface area contributed by atoms with Crippen molar-refractivity contribution in [1.82, 2.24) is 19.5 Å². The lowest BCUT2D eigenvalue weighted by Crippen LogP contribution is -2.24. The van der Waals surface area contributed by atoms with Crippen LogP contribution < -0.4 is 10.9 Å². The van der Waals surface area contributed by atoms with Crippen molar-refractivity contribution >= 4 is 45.0 Å². The highest BCUT2D eigenvalue weighted by molar-refractivity contribution is 7.86. The van der Waals surface area contributed by atoms with E-state index in [0.717, 1.165) is 6.07 Å². The first kappa shape index (κ1) is 20.0. The van der Waals surface area contributed by atoms with Gasteiger partial charge in [0.15, 0.2) is 10.8 Å². The number of benzene rings is 1. The molecule has 2 heterocycles. The van der Waals surface area contributed by atoms with E-state index in [1.54, 1.807) is 0 Å². The zero-order valence-electron chi connectivity index (χ0n) is 14.0. The van der Waals surface area contributed by atoms with Gasteiger partial charge in [-0.05, 0) is 40.9 Å². The Morgan fingerprint density at radius 1 is 1.07 bits per heavy atom. The van der Waals surface area contributed by atoms with Gasteiger partial charge in [-0.2, -0.15) is 23.4 Å². The van der Waals surface area contributed by atoms with Gasteiger partial charge in [-0.1, -0.05) is 12.1 Å². The van der Waals surface area contributed by atoms with Crippen molar-refractivity contribution in [2.75, 3.05) is 5.32 Å². The molecule has 0 bridgehead atoms. The summed E-state index contributed by atoms with van der Waals surface area (Å²) in [7, 11) is -3.66. The summed E-state index contributed by atoms with van der Waals surface area (Å²) >= 11 is 11.4. The summed E-state index contributed by atoms with van der Waals surface area (Å²) in [5.41, 5.74) is -0.462. The van der Waals surface area contributed by atoms with E-state index >= 15 is 0 Å². The molecule has 13 heteroatoms. The summed E-state index contributed by atoms with van der Waals surface area (Å²) in [5.74, 6) is -0.383. The SMILES string of the molecule is Cn1c(O)cc(-c2ccc(Nc3nc(Cl)nc(Cl)n3)cc2)c(S(=O)(=O)O)c1=O. The van der Waals surface area contributed by atoms with Gasteiger partial charge >= 0.3 is 10.1 Å². The molecule has 0 saturated carbocycles. The third-order valence-corrected chi connectivity index (χ3v) is 4.90. The molecular weight excluding hydrogens is 433 g/mol. The molecular formula is C15H11Cl2N5O5S. The minimum absolute atomic E-state index is 0.0857. The zero-order chi connectivity index (χ0) is 20.6. The van der Waals surface area contributed by atoms with Crippen molar-refractivity contribution < 1.29 is 18.1 Å². The average Bonchev–Trinajstić information content (AvgIpc) is 2.58. The molecule has 0 aliphatic rings. The Kier molecular flexibility index (Phi) is 5.26. The number of rotatable bonds is 4. The maximum Gasteiger partial charge on any atom is 0.300 e. The minimum Gasteiger partial charge on any atom is -0.494 e. The molecule has 146 valence electrons. The van der Waals surface area contributed by atoms with Crippen LogP contribution in [0.25, 0.3) is 11.1 Å². The van der Waals surface area contributed by atoms with Crippen LogP contribution in [0.4, 0.5) is 11.6 Å². The lowest BCUT2D eigenvalue weighted by Gasteiger charge is -2.11. The Morgan fingerprint density at radius 3 is 2.18 bits per heavy atom. The molecule has 0 fully saturated rings. The second kappa shape index (κ2) is 7.36. The van der Waals surface area contributed by atoms with Gasteiger partial charge in [-0.3, -0.25) is 13.9 Å². The summed E-state index contributed by atoms with van der Waals surface area (Å²) in [6.07, 6.45) is 0. The molecule has 0 spiro atoms. The van der Waals surface area contributed by atoms with Gasteiger partial charge in [0, 0.05) is 24.4 Å². The van der Waals surface area contributed by atoms with Crippen molar-refractivity contribution in [1.29, 1.82) is 0 Å². The first-order valence-electron chi connectivity index (χ1n) is 7.41. The molecule has 3 rings (SSSR count). The quantitative estimate of drug-likeness (QED) is 0.516. The fourth-order valence-electron chi connectivity index (χ4n) is 2.37. The molecule has 1 aromatic carbocycles. The van der Waals surface area contributed by atoms with Crippen LogP contribution >= 0.6 is 23.2 Å². The normalized spacial score (nSPS) is 11.4. The number of pyridine rings is 1. The van der Waals surface area contributed by atoms with Gasteiger partial charge in [0.1, 0.15) is 0 Å². The number of nitrogens with one attached hydrogen (secondary N) is 1. The van der Waals surface area contributed by atoms with Gasteiger partial charge in [0.25, 0.3) is 5.56 Å². The number of anilines is 2. The van der Waals surface area contributed by atoms with Crippen LogP contribution in [0.5, 0.6) is 5.88 Å². The maximum absolute atomic E-state index is 12.2. The van der Waals surface area contributed by atoms with Crippen molar-refractivity contribution in [2.24, 2.45) is 7.05 Å². The standard InChI is InChI=1S/C15H11Cl2N5O5S/c1-22-10(23)6-9(11(12(22)24)28(25,26)27)7-2-4-8(5-3-7)18-15-20-13(16)19-14(17)21-15/h2-6,23H,1H3,(H,25,26,27)(H,18,19,20,21). The molecule has 2 aromatic heterocycles. The van der Waals surface area contributed by atoms with E-state index < -0.39 is 26.5 Å². The Morgan fingerprint density at radius 2 is 1.64 bits per heavy atom. The second-order valence-electron chi connectivity index (χ2n) is 5.48. The Labute approximate surface area is 168 Å². The first-order valence-corrected chi connectivity index (χ1v) is 9.61. The van der Waals surface area contributed by atoms with Crippen LogP contribution in [0.3, 0.4) is 0 Å². The van der Waals surface area contributed by atoms with Crippen molar-refractivity contribution in [3.05, 3.63) is 51.3 Å². The monoisotopic (exact) mass is 443 g/mol. The zero-order valence-corrected chi connectivity index (χ0v) is 16.3. The third-order valence-electron chi connectivity index (χ3n) is 3.65. The number of aromatic hydroxyl groups is 1. The van der Waals surface area contributed by atoms with E-state index in [1.165, 1.54) is 31.3 Å². The molecule has 10 nitrogen and oxygen atoms in total. The number of halogens is 2. The topological polar surface area (TPSA) is 147 Å². The van der Waals surface area contributed by atoms with Crippen LogP contribution in [0.15, 0.2) is 40.0 Å². The lowest BCUT2D eigenvalue weighted by molar-refractivity contribution is 0.419. The largest absolute Gasteiger partial charge is 0.494 e. The number of hydrogen-bond donors (Lipinski definition) is 3. The molecule has 0 atom stereocenters. The minimum atomic E-state index is -4.84. The number of aromatic nitrogens is 4.